The zero-order valence-electron chi connectivity index (χ0n) is 21.1. The topological polar surface area (TPSA) is 72.4 Å². The van der Waals surface area contributed by atoms with Crippen LogP contribution in [0.5, 0.6) is 0 Å². The highest BCUT2D eigenvalue weighted by atomic mass is 16.5. The molecule has 0 radical (unpaired) electrons. The quantitative estimate of drug-likeness (QED) is 0.542. The molecule has 3 fully saturated rings. The first-order valence-electron chi connectivity index (χ1n) is 13.2. The summed E-state index contributed by atoms with van der Waals surface area (Å²) in [6.45, 7) is 5.33. The van der Waals surface area contributed by atoms with Gasteiger partial charge in [-0.3, -0.25) is 20.5 Å². The van der Waals surface area contributed by atoms with E-state index in [1.807, 2.05) is 7.11 Å². The van der Waals surface area contributed by atoms with Crippen LogP contribution in [0.25, 0.3) is 0 Å². The molecule has 2 saturated carbocycles. The average molecular weight is 460 g/mol. The van der Waals surface area contributed by atoms with Gasteiger partial charge in [0.2, 0.25) is 0 Å². The first-order valence-corrected chi connectivity index (χ1v) is 13.2. The van der Waals surface area contributed by atoms with E-state index in [1.165, 1.54) is 54.7 Å². The molecule has 7 heteroatoms. The second-order valence-corrected chi connectivity index (χ2v) is 10.2. The normalized spacial score (nSPS) is 31.6. The number of allylic oxidation sites excluding steroid dienone is 3. The molecule has 3 atom stereocenters. The predicted molar refractivity (Wildman–Crippen MR) is 134 cm³/mol. The number of likely N-dealkylation sites (N-methyl/N-ethyl adjacent to an activating group) is 1. The molecule has 0 spiro atoms. The van der Waals surface area contributed by atoms with E-state index in [-0.39, 0.29) is 25.2 Å². The maximum absolute atomic E-state index is 9.58. The van der Waals surface area contributed by atoms with E-state index < -0.39 is 0 Å². The van der Waals surface area contributed by atoms with Crippen molar-refractivity contribution in [1.82, 2.24) is 20.4 Å². The van der Waals surface area contributed by atoms with Crippen molar-refractivity contribution in [3.8, 4) is 0 Å². The van der Waals surface area contributed by atoms with Crippen LogP contribution in [0.4, 0.5) is 0 Å². The van der Waals surface area contributed by atoms with E-state index in [1.54, 1.807) is 0 Å². The number of hydrogen-bond acceptors (Lipinski definition) is 7. The van der Waals surface area contributed by atoms with Crippen molar-refractivity contribution in [1.29, 1.82) is 0 Å². The van der Waals surface area contributed by atoms with Gasteiger partial charge in [0, 0.05) is 36.7 Å². The third-order valence-corrected chi connectivity index (χ3v) is 8.04. The molecule has 0 bridgehead atoms. The molecule has 4 rings (SSSR count). The number of hydrogen-bond donors (Lipinski definition) is 3. The Morgan fingerprint density at radius 1 is 1.15 bits per heavy atom. The number of aliphatic imine (C=N–C) groups is 1. The minimum absolute atomic E-state index is 0.0356. The van der Waals surface area contributed by atoms with Crippen LogP contribution in [0.1, 0.15) is 78.1 Å². The zero-order chi connectivity index (χ0) is 23.4. The summed E-state index contributed by atoms with van der Waals surface area (Å²) < 4.78 is 5.58. The Morgan fingerprint density at radius 3 is 2.52 bits per heavy atom. The van der Waals surface area contributed by atoms with Crippen molar-refractivity contribution in [2.24, 2.45) is 4.99 Å². The number of fused-ring (bicyclic) bond motifs is 1. The summed E-state index contributed by atoms with van der Waals surface area (Å²) in [5.41, 5.74) is 5.50. The van der Waals surface area contributed by atoms with E-state index >= 15 is 0 Å². The van der Waals surface area contributed by atoms with Crippen LogP contribution in [0.15, 0.2) is 27.9 Å². The SMILES string of the molecule is CCC1=C(C)C=C2C(N=C3CCC(OC)CC3)NC(N(C)CCO)NC2N1C1CCCCC1. The zero-order valence-corrected chi connectivity index (χ0v) is 21.1. The number of aliphatic hydroxyl groups is 1. The van der Waals surface area contributed by atoms with E-state index in [0.717, 1.165) is 32.1 Å². The van der Waals surface area contributed by atoms with Crippen LogP contribution in [-0.2, 0) is 4.74 Å². The minimum atomic E-state index is -0.0454. The third-order valence-electron chi connectivity index (χ3n) is 8.04. The Balaban J connectivity index is 1.66. The smallest absolute Gasteiger partial charge is 0.127 e. The second-order valence-electron chi connectivity index (χ2n) is 10.2. The van der Waals surface area contributed by atoms with Gasteiger partial charge in [0.25, 0.3) is 0 Å². The molecule has 2 aliphatic heterocycles. The van der Waals surface area contributed by atoms with Crippen molar-refractivity contribution >= 4 is 5.71 Å². The first-order chi connectivity index (χ1) is 16.0. The van der Waals surface area contributed by atoms with E-state index in [2.05, 4.69) is 47.4 Å². The lowest BCUT2D eigenvalue weighted by atomic mass is 9.88. The van der Waals surface area contributed by atoms with Gasteiger partial charge >= 0.3 is 0 Å². The van der Waals surface area contributed by atoms with Crippen molar-refractivity contribution in [2.45, 2.75) is 109 Å². The Hall–Kier alpha value is -1.25. The average Bonchev–Trinajstić information content (AvgIpc) is 2.84. The fourth-order valence-electron chi connectivity index (χ4n) is 6.16. The molecule has 186 valence electrons. The molecule has 1 saturated heterocycles. The summed E-state index contributed by atoms with van der Waals surface area (Å²) in [6, 6.07) is 0.581. The number of methoxy groups -OCH3 is 1. The van der Waals surface area contributed by atoms with Crippen LogP contribution < -0.4 is 10.6 Å². The molecule has 3 unspecified atom stereocenters. The molecule has 7 nitrogen and oxygen atoms in total. The van der Waals surface area contributed by atoms with Crippen LogP contribution in [0.3, 0.4) is 0 Å². The van der Waals surface area contributed by atoms with Crippen molar-refractivity contribution in [2.75, 3.05) is 27.3 Å². The molecular formula is C26H45N5O2. The van der Waals surface area contributed by atoms with Crippen molar-refractivity contribution in [3.63, 3.8) is 0 Å². The van der Waals surface area contributed by atoms with Crippen LogP contribution in [-0.4, -0.2) is 78.7 Å². The Morgan fingerprint density at radius 2 is 1.88 bits per heavy atom. The van der Waals surface area contributed by atoms with Gasteiger partial charge < -0.3 is 14.7 Å². The first kappa shape index (κ1) is 24.9. The number of nitrogens with one attached hydrogen (secondary N) is 2. The van der Waals surface area contributed by atoms with E-state index in [0.29, 0.717) is 18.7 Å². The molecule has 4 aliphatic rings. The van der Waals surface area contributed by atoms with Gasteiger partial charge in [-0.05, 0) is 64.5 Å². The molecule has 33 heavy (non-hydrogen) atoms. The molecule has 3 N–H and O–H groups in total. The Kier molecular flexibility index (Phi) is 8.63. The second kappa shape index (κ2) is 11.5. The van der Waals surface area contributed by atoms with Crippen LogP contribution >= 0.6 is 0 Å². The van der Waals surface area contributed by atoms with Gasteiger partial charge in [-0.15, -0.1) is 0 Å². The maximum Gasteiger partial charge on any atom is 0.127 e. The number of ether oxygens (including phenoxy) is 1. The summed E-state index contributed by atoms with van der Waals surface area (Å²) in [6.07, 6.45) is 14.6. The fourth-order valence-corrected chi connectivity index (χ4v) is 6.16. The maximum atomic E-state index is 9.58. The number of nitrogens with zero attached hydrogens (tertiary/aromatic N) is 3. The van der Waals surface area contributed by atoms with E-state index in [4.69, 9.17) is 9.73 Å². The van der Waals surface area contributed by atoms with Gasteiger partial charge in [0.05, 0.1) is 12.7 Å². The molecule has 0 aromatic heterocycles. The number of aliphatic hydroxyl groups excluding tert-OH is 1. The van der Waals surface area contributed by atoms with Crippen molar-refractivity contribution < 1.29 is 9.84 Å². The summed E-state index contributed by atoms with van der Waals surface area (Å²) in [7, 11) is 3.89. The highest BCUT2D eigenvalue weighted by Gasteiger charge is 2.42. The number of rotatable bonds is 7. The highest BCUT2D eigenvalue weighted by molar-refractivity contribution is 5.85. The summed E-state index contributed by atoms with van der Waals surface area (Å²) in [5, 5.41) is 17.2. The Bertz CT molecular complexity index is 748. The van der Waals surface area contributed by atoms with Gasteiger partial charge in [0.15, 0.2) is 0 Å². The summed E-state index contributed by atoms with van der Waals surface area (Å²) in [5.74, 6) is 0. The Labute approximate surface area is 200 Å². The van der Waals surface area contributed by atoms with E-state index in [9.17, 15) is 5.11 Å². The van der Waals surface area contributed by atoms with Crippen LogP contribution in [0.2, 0.25) is 0 Å². The lowest BCUT2D eigenvalue weighted by Crippen LogP contribution is -2.70. The van der Waals surface area contributed by atoms with Crippen molar-refractivity contribution in [3.05, 3.63) is 22.9 Å². The monoisotopic (exact) mass is 459 g/mol. The van der Waals surface area contributed by atoms with Crippen LogP contribution in [0, 0.1) is 0 Å². The van der Waals surface area contributed by atoms with Gasteiger partial charge in [-0.25, -0.2) is 0 Å². The lowest BCUT2D eigenvalue weighted by Gasteiger charge is -2.52. The minimum Gasteiger partial charge on any atom is -0.395 e. The molecule has 0 aromatic carbocycles. The highest BCUT2D eigenvalue weighted by Crippen LogP contribution is 2.37. The standard InChI is InChI=1S/C26H45N5O2/c1-5-23-18(2)17-22-24(27-19-11-13-21(33-4)14-12-19)28-26(30(3)15-16-32)29-25(22)31(23)20-9-7-6-8-10-20/h17,20-21,24-26,28-29,32H,5-16H2,1-4H3. The molecule has 0 aromatic rings. The van der Waals surface area contributed by atoms with Gasteiger partial charge in [0.1, 0.15) is 18.6 Å². The largest absolute Gasteiger partial charge is 0.395 e. The third kappa shape index (κ3) is 5.54. The molecule has 2 aliphatic carbocycles. The molecule has 2 heterocycles. The predicted octanol–water partition coefficient (Wildman–Crippen LogP) is 3.33. The summed E-state index contributed by atoms with van der Waals surface area (Å²) in [4.78, 5) is 10.2. The molecule has 0 amide bonds. The van der Waals surface area contributed by atoms with Gasteiger partial charge in [-0.2, -0.15) is 0 Å². The molecular weight excluding hydrogens is 414 g/mol. The lowest BCUT2D eigenvalue weighted by molar-refractivity contribution is 0.0440. The fraction of sp³-hybridized carbons (Fsp3) is 0.808. The summed E-state index contributed by atoms with van der Waals surface area (Å²) >= 11 is 0. The van der Waals surface area contributed by atoms with Gasteiger partial charge in [-0.1, -0.05) is 32.3 Å².